The highest BCUT2D eigenvalue weighted by molar-refractivity contribution is 6.31. The highest BCUT2D eigenvalue weighted by Crippen LogP contribution is 2.34. The van der Waals surface area contributed by atoms with E-state index in [1.807, 2.05) is 0 Å². The SMILES string of the molecule is C=CC(C)c1cc(C(F)(F)F)ccc1Cl. The molecule has 0 saturated carbocycles. The van der Waals surface area contributed by atoms with Crippen molar-refractivity contribution in [3.8, 4) is 0 Å². The van der Waals surface area contributed by atoms with Gasteiger partial charge in [0.2, 0.25) is 0 Å². The molecule has 15 heavy (non-hydrogen) atoms. The minimum Gasteiger partial charge on any atom is -0.166 e. The summed E-state index contributed by atoms with van der Waals surface area (Å²) in [7, 11) is 0. The third kappa shape index (κ3) is 2.75. The second kappa shape index (κ2) is 4.27. The monoisotopic (exact) mass is 234 g/mol. The van der Waals surface area contributed by atoms with Crippen molar-refractivity contribution in [2.24, 2.45) is 0 Å². The lowest BCUT2D eigenvalue weighted by atomic mass is 9.99. The first-order valence-corrected chi connectivity index (χ1v) is 4.73. The maximum Gasteiger partial charge on any atom is 0.416 e. The molecule has 0 spiro atoms. The molecule has 1 aromatic rings. The summed E-state index contributed by atoms with van der Waals surface area (Å²) in [5.41, 5.74) is -0.239. The minimum absolute atomic E-state index is 0.195. The number of alkyl halides is 3. The van der Waals surface area contributed by atoms with Crippen molar-refractivity contribution < 1.29 is 13.2 Å². The summed E-state index contributed by atoms with van der Waals surface area (Å²) in [6, 6.07) is 3.30. The molecule has 1 aromatic carbocycles. The van der Waals surface area contributed by atoms with Gasteiger partial charge in [0.25, 0.3) is 0 Å². The number of hydrogen-bond donors (Lipinski definition) is 0. The number of rotatable bonds is 2. The third-order valence-corrected chi connectivity index (χ3v) is 2.51. The first kappa shape index (κ1) is 12.1. The van der Waals surface area contributed by atoms with Gasteiger partial charge in [-0.15, -0.1) is 6.58 Å². The first-order valence-electron chi connectivity index (χ1n) is 4.35. The highest BCUT2D eigenvalue weighted by atomic mass is 35.5. The lowest BCUT2D eigenvalue weighted by Gasteiger charge is -2.13. The quantitative estimate of drug-likeness (QED) is 0.654. The smallest absolute Gasteiger partial charge is 0.166 e. The number of halogens is 4. The van der Waals surface area contributed by atoms with Crippen LogP contribution in [-0.4, -0.2) is 0 Å². The zero-order valence-electron chi connectivity index (χ0n) is 8.11. The van der Waals surface area contributed by atoms with Gasteiger partial charge in [0, 0.05) is 10.9 Å². The van der Waals surface area contributed by atoms with Gasteiger partial charge in [-0.25, -0.2) is 0 Å². The van der Waals surface area contributed by atoms with E-state index in [-0.39, 0.29) is 5.92 Å². The Morgan fingerprint density at radius 3 is 2.47 bits per heavy atom. The third-order valence-electron chi connectivity index (χ3n) is 2.17. The predicted molar refractivity (Wildman–Crippen MR) is 55.1 cm³/mol. The van der Waals surface area contributed by atoms with Crippen LogP contribution >= 0.6 is 11.6 Å². The molecule has 0 heterocycles. The van der Waals surface area contributed by atoms with Crippen molar-refractivity contribution in [3.63, 3.8) is 0 Å². The molecule has 0 radical (unpaired) electrons. The van der Waals surface area contributed by atoms with Crippen LogP contribution in [-0.2, 0) is 6.18 Å². The molecule has 0 N–H and O–H groups in total. The second-order valence-electron chi connectivity index (χ2n) is 3.26. The zero-order valence-corrected chi connectivity index (χ0v) is 8.86. The molecule has 82 valence electrons. The van der Waals surface area contributed by atoms with Gasteiger partial charge in [-0.3, -0.25) is 0 Å². The molecule has 4 heteroatoms. The van der Waals surface area contributed by atoms with Crippen molar-refractivity contribution in [1.82, 2.24) is 0 Å². The fraction of sp³-hybridized carbons (Fsp3) is 0.273. The molecule has 0 aromatic heterocycles. The van der Waals surface area contributed by atoms with Crippen molar-refractivity contribution in [1.29, 1.82) is 0 Å². The van der Waals surface area contributed by atoms with Gasteiger partial charge in [-0.05, 0) is 23.8 Å². The fourth-order valence-corrected chi connectivity index (χ4v) is 1.49. The van der Waals surface area contributed by atoms with Gasteiger partial charge in [0.05, 0.1) is 5.56 Å². The normalized spacial score (nSPS) is 13.7. The molecule has 0 aliphatic carbocycles. The summed E-state index contributed by atoms with van der Waals surface area (Å²) in [5, 5.41) is 0.329. The van der Waals surface area contributed by atoms with Crippen LogP contribution in [0.15, 0.2) is 30.9 Å². The molecule has 0 amide bonds. The van der Waals surface area contributed by atoms with Crippen LogP contribution in [0.5, 0.6) is 0 Å². The van der Waals surface area contributed by atoms with Crippen LogP contribution in [0.25, 0.3) is 0 Å². The van der Waals surface area contributed by atoms with Gasteiger partial charge in [0.15, 0.2) is 0 Å². The maximum atomic E-state index is 12.4. The van der Waals surface area contributed by atoms with Gasteiger partial charge in [-0.1, -0.05) is 24.6 Å². The number of benzene rings is 1. The molecule has 0 aliphatic heterocycles. The Balaban J connectivity index is 3.22. The molecule has 1 atom stereocenters. The Hall–Kier alpha value is -0.960. The van der Waals surface area contributed by atoms with E-state index < -0.39 is 11.7 Å². The van der Waals surface area contributed by atoms with E-state index >= 15 is 0 Å². The molecule has 0 nitrogen and oxygen atoms in total. The topological polar surface area (TPSA) is 0 Å². The lowest BCUT2D eigenvalue weighted by molar-refractivity contribution is -0.137. The standard InChI is InChI=1S/C11H10ClF3/c1-3-7(2)9-6-8(11(13,14)15)4-5-10(9)12/h3-7H,1H2,2H3. The van der Waals surface area contributed by atoms with Gasteiger partial charge in [0.1, 0.15) is 0 Å². The van der Waals surface area contributed by atoms with Crippen LogP contribution in [0.1, 0.15) is 24.0 Å². The predicted octanol–water partition coefficient (Wildman–Crippen LogP) is 4.65. The second-order valence-corrected chi connectivity index (χ2v) is 3.67. The molecule has 0 fully saturated rings. The largest absolute Gasteiger partial charge is 0.416 e. The van der Waals surface area contributed by atoms with Crippen molar-refractivity contribution in [3.05, 3.63) is 47.0 Å². The molecule has 1 unspecified atom stereocenters. The molecule has 0 aliphatic rings. The van der Waals surface area contributed by atoms with Gasteiger partial charge in [-0.2, -0.15) is 13.2 Å². The molecule has 1 rings (SSSR count). The van der Waals surface area contributed by atoms with Gasteiger partial charge >= 0.3 is 6.18 Å². The van der Waals surface area contributed by atoms with E-state index in [1.165, 1.54) is 6.07 Å². The molecular formula is C11H10ClF3. The van der Waals surface area contributed by atoms with E-state index in [2.05, 4.69) is 6.58 Å². The van der Waals surface area contributed by atoms with Crippen molar-refractivity contribution in [2.45, 2.75) is 19.0 Å². The average Bonchev–Trinajstić information content (AvgIpc) is 2.15. The molecular weight excluding hydrogens is 225 g/mol. The number of hydrogen-bond acceptors (Lipinski definition) is 0. The lowest BCUT2D eigenvalue weighted by Crippen LogP contribution is -2.06. The van der Waals surface area contributed by atoms with E-state index in [9.17, 15) is 13.2 Å². The van der Waals surface area contributed by atoms with Gasteiger partial charge < -0.3 is 0 Å². The highest BCUT2D eigenvalue weighted by Gasteiger charge is 2.31. The summed E-state index contributed by atoms with van der Waals surface area (Å²) < 4.78 is 37.2. The fourth-order valence-electron chi connectivity index (χ4n) is 1.20. The first-order chi connectivity index (χ1) is 6.86. The van der Waals surface area contributed by atoms with Crippen molar-refractivity contribution in [2.75, 3.05) is 0 Å². The summed E-state index contributed by atoms with van der Waals surface area (Å²) in [4.78, 5) is 0. The summed E-state index contributed by atoms with van der Waals surface area (Å²) in [5.74, 6) is -0.195. The van der Waals surface area contributed by atoms with Crippen LogP contribution in [0, 0.1) is 0 Å². The Kier molecular flexibility index (Phi) is 3.45. The van der Waals surface area contributed by atoms with Crippen LogP contribution in [0.4, 0.5) is 13.2 Å². The maximum absolute atomic E-state index is 12.4. The minimum atomic E-state index is -4.33. The van der Waals surface area contributed by atoms with E-state index in [4.69, 9.17) is 11.6 Å². The summed E-state index contributed by atoms with van der Waals surface area (Å²) in [6.45, 7) is 5.27. The Labute approximate surface area is 91.4 Å². The number of allylic oxidation sites excluding steroid dienone is 1. The summed E-state index contributed by atoms with van der Waals surface area (Å²) >= 11 is 5.80. The van der Waals surface area contributed by atoms with Crippen LogP contribution in [0.2, 0.25) is 5.02 Å². The van der Waals surface area contributed by atoms with E-state index in [0.29, 0.717) is 10.6 Å². The van der Waals surface area contributed by atoms with E-state index in [1.54, 1.807) is 13.0 Å². The Bertz CT molecular complexity index is 369. The summed E-state index contributed by atoms with van der Waals surface area (Å²) in [6.07, 6.45) is -2.78. The average molecular weight is 235 g/mol. The van der Waals surface area contributed by atoms with Crippen molar-refractivity contribution >= 4 is 11.6 Å². The Morgan fingerprint density at radius 2 is 2.00 bits per heavy atom. The van der Waals surface area contributed by atoms with Crippen LogP contribution < -0.4 is 0 Å². The zero-order chi connectivity index (χ0) is 11.6. The molecule has 0 saturated heterocycles. The molecule has 0 bridgehead atoms. The van der Waals surface area contributed by atoms with Crippen LogP contribution in [0.3, 0.4) is 0 Å². The Morgan fingerprint density at radius 1 is 1.40 bits per heavy atom. The van der Waals surface area contributed by atoms with E-state index in [0.717, 1.165) is 12.1 Å².